The summed E-state index contributed by atoms with van der Waals surface area (Å²) >= 11 is 7.12. The molecule has 1 aromatic heterocycles. The Kier molecular flexibility index (Phi) is 5.41. The number of likely N-dealkylation sites (N-methyl/N-ethyl adjacent to an activating group) is 1. The second-order valence-electron chi connectivity index (χ2n) is 5.09. The first-order chi connectivity index (χ1) is 9.51. The highest BCUT2D eigenvalue weighted by Gasteiger charge is 2.15. The van der Waals surface area contributed by atoms with Gasteiger partial charge in [-0.15, -0.1) is 0 Å². The van der Waals surface area contributed by atoms with Crippen molar-refractivity contribution in [3.63, 3.8) is 0 Å². The van der Waals surface area contributed by atoms with Crippen LogP contribution in [0.2, 0.25) is 0 Å². The third-order valence-electron chi connectivity index (χ3n) is 3.29. The fraction of sp³-hybridized carbons (Fsp3) is 0.400. The standard InChI is InChI=1S/C15H19Br2N3/c1-10(2)20-7-6-12(19-20)9-15(18-3)13-5-4-11(16)8-14(13)17/h4-8,10,15,18H,9H2,1-3H3. The zero-order chi connectivity index (χ0) is 14.7. The molecule has 0 aliphatic heterocycles. The van der Waals surface area contributed by atoms with Crippen LogP contribution in [0.1, 0.15) is 37.2 Å². The van der Waals surface area contributed by atoms with Crippen LogP contribution in [-0.4, -0.2) is 16.8 Å². The SMILES string of the molecule is CNC(Cc1ccn(C(C)C)n1)c1ccc(Br)cc1Br. The van der Waals surface area contributed by atoms with Gasteiger partial charge in [-0.25, -0.2) is 0 Å². The van der Waals surface area contributed by atoms with E-state index in [9.17, 15) is 0 Å². The lowest BCUT2D eigenvalue weighted by molar-refractivity contribution is 0.514. The molecular weight excluding hydrogens is 382 g/mol. The molecule has 0 bridgehead atoms. The maximum atomic E-state index is 4.62. The van der Waals surface area contributed by atoms with E-state index in [2.05, 4.69) is 80.4 Å². The zero-order valence-corrected chi connectivity index (χ0v) is 15.1. The Labute approximate surface area is 137 Å². The van der Waals surface area contributed by atoms with E-state index >= 15 is 0 Å². The van der Waals surface area contributed by atoms with Crippen molar-refractivity contribution in [2.24, 2.45) is 0 Å². The minimum absolute atomic E-state index is 0.244. The molecule has 108 valence electrons. The molecule has 3 nitrogen and oxygen atoms in total. The predicted octanol–water partition coefficient (Wildman–Crippen LogP) is 4.49. The number of aromatic nitrogens is 2. The van der Waals surface area contributed by atoms with Crippen LogP contribution < -0.4 is 5.32 Å². The topological polar surface area (TPSA) is 29.9 Å². The molecule has 1 N–H and O–H groups in total. The molecule has 0 aliphatic carbocycles. The number of rotatable bonds is 5. The lowest BCUT2D eigenvalue weighted by atomic mass is 10.0. The highest BCUT2D eigenvalue weighted by molar-refractivity contribution is 9.11. The number of nitrogens with one attached hydrogen (secondary N) is 1. The van der Waals surface area contributed by atoms with Gasteiger partial charge in [0.05, 0.1) is 5.69 Å². The Balaban J connectivity index is 2.19. The van der Waals surface area contributed by atoms with Gasteiger partial charge in [0.25, 0.3) is 0 Å². The molecule has 1 unspecified atom stereocenters. The van der Waals surface area contributed by atoms with Gasteiger partial charge in [0.2, 0.25) is 0 Å². The monoisotopic (exact) mass is 399 g/mol. The van der Waals surface area contributed by atoms with Crippen LogP contribution in [0.4, 0.5) is 0 Å². The number of hydrogen-bond donors (Lipinski definition) is 1. The third kappa shape index (κ3) is 3.71. The third-order valence-corrected chi connectivity index (χ3v) is 4.47. The molecule has 5 heteroatoms. The molecule has 0 fully saturated rings. The zero-order valence-electron chi connectivity index (χ0n) is 11.9. The van der Waals surface area contributed by atoms with Crippen molar-refractivity contribution in [3.8, 4) is 0 Å². The maximum absolute atomic E-state index is 4.62. The molecule has 2 rings (SSSR count). The molecule has 1 aromatic carbocycles. The number of hydrogen-bond acceptors (Lipinski definition) is 2. The van der Waals surface area contributed by atoms with E-state index in [4.69, 9.17) is 0 Å². The Morgan fingerprint density at radius 3 is 2.55 bits per heavy atom. The summed E-state index contributed by atoms with van der Waals surface area (Å²) in [6.45, 7) is 4.27. The summed E-state index contributed by atoms with van der Waals surface area (Å²) in [5.74, 6) is 0. The summed E-state index contributed by atoms with van der Waals surface area (Å²) in [4.78, 5) is 0. The summed E-state index contributed by atoms with van der Waals surface area (Å²) in [7, 11) is 1.98. The van der Waals surface area contributed by atoms with Gasteiger partial charge in [-0.2, -0.15) is 5.10 Å². The van der Waals surface area contributed by atoms with Crippen LogP contribution in [0.3, 0.4) is 0 Å². The summed E-state index contributed by atoms with van der Waals surface area (Å²) in [6, 6.07) is 9.01. The Morgan fingerprint density at radius 2 is 2.00 bits per heavy atom. The van der Waals surface area contributed by atoms with E-state index in [0.717, 1.165) is 21.1 Å². The van der Waals surface area contributed by atoms with Gasteiger partial charge >= 0.3 is 0 Å². The smallest absolute Gasteiger partial charge is 0.0643 e. The summed E-state index contributed by atoms with van der Waals surface area (Å²) < 4.78 is 4.18. The molecule has 1 heterocycles. The lowest BCUT2D eigenvalue weighted by Gasteiger charge is -2.17. The summed E-state index contributed by atoms with van der Waals surface area (Å²) in [6.07, 6.45) is 2.92. The lowest BCUT2D eigenvalue weighted by Crippen LogP contribution is -2.19. The Hall–Kier alpha value is -0.650. The molecule has 0 saturated heterocycles. The molecule has 2 aromatic rings. The van der Waals surface area contributed by atoms with Crippen LogP contribution in [0.25, 0.3) is 0 Å². The normalized spacial score (nSPS) is 12.9. The Morgan fingerprint density at radius 1 is 1.25 bits per heavy atom. The van der Waals surface area contributed by atoms with E-state index in [1.54, 1.807) is 0 Å². The average molecular weight is 401 g/mol. The van der Waals surface area contributed by atoms with Gasteiger partial charge in [0, 0.05) is 33.6 Å². The Bertz CT molecular complexity index is 578. The van der Waals surface area contributed by atoms with Gasteiger partial charge < -0.3 is 5.32 Å². The van der Waals surface area contributed by atoms with Crippen LogP contribution in [0.5, 0.6) is 0 Å². The van der Waals surface area contributed by atoms with Crippen molar-refractivity contribution in [3.05, 3.63) is 50.7 Å². The molecular formula is C15H19Br2N3. The first-order valence-electron chi connectivity index (χ1n) is 6.67. The van der Waals surface area contributed by atoms with Crippen LogP contribution in [-0.2, 0) is 6.42 Å². The molecule has 1 atom stereocenters. The van der Waals surface area contributed by atoms with Crippen molar-refractivity contribution < 1.29 is 0 Å². The van der Waals surface area contributed by atoms with Crippen molar-refractivity contribution in [1.29, 1.82) is 0 Å². The minimum atomic E-state index is 0.244. The highest BCUT2D eigenvalue weighted by Crippen LogP contribution is 2.28. The molecule has 0 saturated carbocycles. The predicted molar refractivity (Wildman–Crippen MR) is 90.0 cm³/mol. The number of benzene rings is 1. The van der Waals surface area contributed by atoms with E-state index < -0.39 is 0 Å². The molecule has 0 radical (unpaired) electrons. The first-order valence-corrected chi connectivity index (χ1v) is 8.26. The van der Waals surface area contributed by atoms with E-state index in [0.29, 0.717) is 6.04 Å². The second kappa shape index (κ2) is 6.87. The molecule has 0 amide bonds. The van der Waals surface area contributed by atoms with Crippen LogP contribution >= 0.6 is 31.9 Å². The minimum Gasteiger partial charge on any atom is -0.313 e. The fourth-order valence-electron chi connectivity index (χ4n) is 2.13. The van der Waals surface area contributed by atoms with Gasteiger partial charge in [-0.05, 0) is 44.7 Å². The highest BCUT2D eigenvalue weighted by atomic mass is 79.9. The molecule has 20 heavy (non-hydrogen) atoms. The van der Waals surface area contributed by atoms with Crippen molar-refractivity contribution >= 4 is 31.9 Å². The summed E-state index contributed by atoms with van der Waals surface area (Å²) in [5, 5.41) is 7.99. The fourth-order valence-corrected chi connectivity index (χ4v) is 3.46. The second-order valence-corrected chi connectivity index (χ2v) is 6.86. The molecule has 0 aliphatic rings. The van der Waals surface area contributed by atoms with E-state index in [-0.39, 0.29) is 6.04 Å². The van der Waals surface area contributed by atoms with Crippen molar-refractivity contribution in [2.75, 3.05) is 7.05 Å². The largest absolute Gasteiger partial charge is 0.313 e. The van der Waals surface area contributed by atoms with Gasteiger partial charge in [0.15, 0.2) is 0 Å². The van der Waals surface area contributed by atoms with Gasteiger partial charge in [-0.1, -0.05) is 37.9 Å². The quantitative estimate of drug-likeness (QED) is 0.800. The first kappa shape index (κ1) is 15.7. The average Bonchev–Trinajstić information content (AvgIpc) is 2.85. The molecule has 0 spiro atoms. The van der Waals surface area contributed by atoms with E-state index in [1.807, 2.05) is 17.9 Å². The van der Waals surface area contributed by atoms with Crippen molar-refractivity contribution in [2.45, 2.75) is 32.4 Å². The van der Waals surface area contributed by atoms with E-state index in [1.165, 1.54) is 5.56 Å². The number of halogens is 2. The van der Waals surface area contributed by atoms with Crippen molar-refractivity contribution in [1.82, 2.24) is 15.1 Å². The summed E-state index contributed by atoms with van der Waals surface area (Å²) in [5.41, 5.74) is 2.35. The number of nitrogens with zero attached hydrogens (tertiary/aromatic N) is 2. The van der Waals surface area contributed by atoms with Gasteiger partial charge in [0.1, 0.15) is 0 Å². The maximum Gasteiger partial charge on any atom is 0.0643 e. The van der Waals surface area contributed by atoms with Gasteiger partial charge in [-0.3, -0.25) is 4.68 Å². The van der Waals surface area contributed by atoms with Crippen LogP contribution in [0.15, 0.2) is 39.4 Å². The van der Waals surface area contributed by atoms with Crippen LogP contribution in [0, 0.1) is 0 Å².